The third-order valence-corrected chi connectivity index (χ3v) is 4.87. The topological polar surface area (TPSA) is 80.3 Å². The molecule has 0 bridgehead atoms. The number of fused-ring (bicyclic) bond motifs is 1. The Balaban J connectivity index is 2.20. The molecule has 1 aromatic carbocycles. The van der Waals surface area contributed by atoms with Crippen LogP contribution in [0.3, 0.4) is 0 Å². The van der Waals surface area contributed by atoms with Gasteiger partial charge in [0.25, 0.3) is 0 Å². The third-order valence-electron chi connectivity index (χ3n) is 4.87. The average Bonchev–Trinajstić information content (AvgIpc) is 2.86. The quantitative estimate of drug-likeness (QED) is 0.253. The molecule has 7 nitrogen and oxygen atoms in total. The summed E-state index contributed by atoms with van der Waals surface area (Å²) in [6.07, 6.45) is 7.69. The van der Waals surface area contributed by atoms with E-state index < -0.39 is 23.6 Å². The number of hydrogen-bond donors (Lipinski definition) is 0. The summed E-state index contributed by atoms with van der Waals surface area (Å²) in [5, 5.41) is 0. The van der Waals surface area contributed by atoms with Crippen molar-refractivity contribution in [1.82, 2.24) is 0 Å². The Kier molecular flexibility index (Phi) is 8.91. The highest BCUT2D eigenvalue weighted by Gasteiger charge is 2.38. The van der Waals surface area contributed by atoms with Crippen LogP contribution >= 0.6 is 0 Å². The van der Waals surface area contributed by atoms with E-state index in [-0.39, 0.29) is 6.61 Å². The molecule has 0 saturated heterocycles. The summed E-state index contributed by atoms with van der Waals surface area (Å²) in [6, 6.07) is 5.55. The van der Waals surface area contributed by atoms with Crippen molar-refractivity contribution in [2.24, 2.45) is 0 Å². The molecule has 0 radical (unpaired) electrons. The molecule has 1 unspecified atom stereocenters. The zero-order valence-electron chi connectivity index (χ0n) is 20.3. The van der Waals surface area contributed by atoms with Gasteiger partial charge in [-0.25, -0.2) is 9.59 Å². The molecule has 2 rings (SSSR count). The second-order valence-corrected chi connectivity index (χ2v) is 8.34. The molecule has 7 heteroatoms. The number of carbonyl (C=O) groups is 2. The smallest absolute Gasteiger partial charge is 0.341 e. The Morgan fingerprint density at radius 1 is 1.12 bits per heavy atom. The first kappa shape index (κ1) is 25.8. The molecule has 0 fully saturated rings. The molecule has 33 heavy (non-hydrogen) atoms. The number of esters is 2. The zero-order chi connectivity index (χ0) is 24.6. The van der Waals surface area contributed by atoms with Crippen LogP contribution in [-0.4, -0.2) is 44.5 Å². The van der Waals surface area contributed by atoms with E-state index in [4.69, 9.17) is 23.7 Å². The van der Waals surface area contributed by atoms with Crippen molar-refractivity contribution >= 4 is 18.0 Å². The predicted molar refractivity (Wildman–Crippen MR) is 126 cm³/mol. The number of allylic oxidation sites excluding steroid dienone is 3. The molecule has 0 amide bonds. The Hall–Kier alpha value is -3.48. The number of rotatable bonds is 7. The maximum Gasteiger partial charge on any atom is 0.341 e. The normalized spacial score (nSPS) is 17.7. The van der Waals surface area contributed by atoms with Gasteiger partial charge in [-0.2, -0.15) is 0 Å². The van der Waals surface area contributed by atoms with Crippen LogP contribution < -0.4 is 9.47 Å². The molecule has 1 aromatic rings. The van der Waals surface area contributed by atoms with Crippen molar-refractivity contribution in [2.45, 2.75) is 46.3 Å². The Bertz CT molecular complexity index is 992. The summed E-state index contributed by atoms with van der Waals surface area (Å²) < 4.78 is 27.4. The van der Waals surface area contributed by atoms with E-state index >= 15 is 0 Å². The van der Waals surface area contributed by atoms with Crippen LogP contribution in [0.2, 0.25) is 0 Å². The van der Waals surface area contributed by atoms with Crippen LogP contribution in [0, 0.1) is 0 Å². The van der Waals surface area contributed by atoms with Gasteiger partial charge in [0.1, 0.15) is 12.2 Å². The monoisotopic (exact) mass is 456 g/mol. The van der Waals surface area contributed by atoms with E-state index in [0.717, 1.165) is 11.1 Å². The first-order valence-electron chi connectivity index (χ1n) is 10.6. The lowest BCUT2D eigenvalue weighted by molar-refractivity contribution is -0.155. The van der Waals surface area contributed by atoms with Crippen molar-refractivity contribution in [3.8, 4) is 11.5 Å². The molecule has 0 aliphatic carbocycles. The standard InChI is InChI=1S/C26H32O7/c1-17(2)13-24(27)32-23-16-31-21-12-11-19(14-22(21)33-26(23,4)5)10-8-9-18(3)20(15-29-6)25(28)30-7/h8-15,23H,16H2,1-7H3. The molecule has 1 aliphatic rings. The largest absolute Gasteiger partial charge is 0.503 e. The van der Waals surface area contributed by atoms with Crippen molar-refractivity contribution < 1.29 is 33.3 Å². The molecule has 0 aromatic heterocycles. The Labute approximate surface area is 195 Å². The summed E-state index contributed by atoms with van der Waals surface area (Å²) in [5.41, 5.74) is 1.95. The summed E-state index contributed by atoms with van der Waals surface area (Å²) in [5.74, 6) is 0.226. The molecule has 1 atom stereocenters. The lowest BCUT2D eigenvalue weighted by Gasteiger charge is -2.31. The number of ether oxygens (including phenoxy) is 5. The van der Waals surface area contributed by atoms with Crippen LogP contribution in [0.4, 0.5) is 0 Å². The molecule has 0 saturated carbocycles. The molecule has 0 spiro atoms. The van der Waals surface area contributed by atoms with Gasteiger partial charge in [-0.3, -0.25) is 0 Å². The van der Waals surface area contributed by atoms with Gasteiger partial charge in [-0.1, -0.05) is 29.9 Å². The van der Waals surface area contributed by atoms with Gasteiger partial charge in [0.2, 0.25) is 0 Å². The lowest BCUT2D eigenvalue weighted by atomic mass is 10.0. The zero-order valence-corrected chi connectivity index (χ0v) is 20.3. The van der Waals surface area contributed by atoms with Crippen LogP contribution in [0.5, 0.6) is 11.5 Å². The van der Waals surface area contributed by atoms with Crippen molar-refractivity contribution in [1.29, 1.82) is 0 Å². The van der Waals surface area contributed by atoms with Crippen LogP contribution in [0.15, 0.2) is 59.4 Å². The van der Waals surface area contributed by atoms with Gasteiger partial charge >= 0.3 is 11.9 Å². The Morgan fingerprint density at radius 2 is 1.85 bits per heavy atom. The van der Waals surface area contributed by atoms with Crippen molar-refractivity contribution in [3.63, 3.8) is 0 Å². The van der Waals surface area contributed by atoms with Gasteiger partial charge in [0.15, 0.2) is 17.6 Å². The summed E-state index contributed by atoms with van der Waals surface area (Å²) in [7, 11) is 2.79. The van der Waals surface area contributed by atoms with E-state index in [9.17, 15) is 9.59 Å². The van der Waals surface area contributed by atoms with Gasteiger partial charge in [-0.05, 0) is 57.9 Å². The number of methoxy groups -OCH3 is 2. The SMILES string of the molecule is COC=C(C(=O)OC)C(C)=CC=Cc1ccc2c(c1)OC(C)(C)C(OC(=O)C=C(C)C)CO2. The average molecular weight is 457 g/mol. The summed E-state index contributed by atoms with van der Waals surface area (Å²) in [6.45, 7) is 9.35. The fraction of sp³-hybridized carbons (Fsp3) is 0.385. The third kappa shape index (κ3) is 7.27. The minimum absolute atomic E-state index is 0.182. The second-order valence-electron chi connectivity index (χ2n) is 8.34. The molecule has 1 aliphatic heterocycles. The lowest BCUT2D eigenvalue weighted by Crippen LogP contribution is -2.46. The fourth-order valence-electron chi connectivity index (χ4n) is 3.05. The molecule has 1 heterocycles. The van der Waals surface area contributed by atoms with Crippen LogP contribution in [0.1, 0.15) is 40.2 Å². The number of carbonyl (C=O) groups excluding carboxylic acids is 2. The van der Waals surface area contributed by atoms with Gasteiger partial charge in [0.05, 0.1) is 26.1 Å². The van der Waals surface area contributed by atoms with Crippen molar-refractivity contribution in [3.05, 3.63) is 65.0 Å². The molecular formula is C26H32O7. The minimum atomic E-state index is -0.796. The predicted octanol–water partition coefficient (Wildman–Crippen LogP) is 4.78. The number of hydrogen-bond acceptors (Lipinski definition) is 7. The molecule has 0 N–H and O–H groups in total. The highest BCUT2D eigenvalue weighted by molar-refractivity contribution is 5.93. The van der Waals surface area contributed by atoms with E-state index in [0.29, 0.717) is 22.6 Å². The highest BCUT2D eigenvalue weighted by Crippen LogP contribution is 2.36. The maximum absolute atomic E-state index is 12.1. The van der Waals surface area contributed by atoms with Gasteiger partial charge in [0, 0.05) is 6.08 Å². The summed E-state index contributed by atoms with van der Waals surface area (Å²) >= 11 is 0. The maximum atomic E-state index is 12.1. The van der Waals surface area contributed by atoms with Crippen molar-refractivity contribution in [2.75, 3.05) is 20.8 Å². The summed E-state index contributed by atoms with van der Waals surface area (Å²) in [4.78, 5) is 24.0. The van der Waals surface area contributed by atoms with E-state index in [1.165, 1.54) is 26.6 Å². The van der Waals surface area contributed by atoms with E-state index in [2.05, 4.69) is 0 Å². The fourth-order valence-corrected chi connectivity index (χ4v) is 3.05. The molecular weight excluding hydrogens is 424 g/mol. The van der Waals surface area contributed by atoms with E-state index in [1.54, 1.807) is 13.0 Å². The van der Waals surface area contributed by atoms with E-state index in [1.807, 2.05) is 58.0 Å². The number of benzene rings is 1. The molecule has 178 valence electrons. The highest BCUT2D eigenvalue weighted by atomic mass is 16.6. The Morgan fingerprint density at radius 3 is 2.48 bits per heavy atom. The first-order chi connectivity index (χ1) is 15.6. The minimum Gasteiger partial charge on any atom is -0.503 e. The van der Waals surface area contributed by atoms with Crippen LogP contribution in [0.25, 0.3) is 6.08 Å². The van der Waals surface area contributed by atoms with Crippen LogP contribution in [-0.2, 0) is 23.8 Å². The van der Waals surface area contributed by atoms with Gasteiger partial charge < -0.3 is 23.7 Å². The van der Waals surface area contributed by atoms with Gasteiger partial charge in [-0.15, -0.1) is 0 Å². The second kappa shape index (κ2) is 11.4. The first-order valence-corrected chi connectivity index (χ1v) is 10.6.